The van der Waals surface area contributed by atoms with E-state index in [0.29, 0.717) is 19.1 Å². The lowest BCUT2D eigenvalue weighted by Crippen LogP contribution is -2.43. The van der Waals surface area contributed by atoms with Gasteiger partial charge in [0.15, 0.2) is 0 Å². The Balaban J connectivity index is 2.17. The highest BCUT2D eigenvalue weighted by molar-refractivity contribution is 7.90. The van der Waals surface area contributed by atoms with Crippen LogP contribution in [0.1, 0.15) is 19.3 Å². The minimum Gasteiger partial charge on any atom is -0.379 e. The third kappa shape index (κ3) is 7.49. The summed E-state index contributed by atoms with van der Waals surface area (Å²) in [7, 11) is -1.42. The van der Waals surface area contributed by atoms with Gasteiger partial charge in [-0.25, -0.2) is 8.42 Å². The molecule has 0 aromatic heterocycles. The van der Waals surface area contributed by atoms with Gasteiger partial charge in [0, 0.05) is 26.5 Å². The highest BCUT2D eigenvalue weighted by Crippen LogP contribution is 2.28. The van der Waals surface area contributed by atoms with Crippen LogP contribution in [0, 0.1) is 5.92 Å². The Morgan fingerprint density at radius 2 is 2.11 bits per heavy atom. The Labute approximate surface area is 115 Å². The number of carbonyl (C=O) groups is 1. The van der Waals surface area contributed by atoms with Gasteiger partial charge in [-0.1, -0.05) is 0 Å². The molecule has 1 amide bonds. The molecule has 0 aromatic carbocycles. The summed E-state index contributed by atoms with van der Waals surface area (Å²) in [6.07, 6.45) is 3.78. The van der Waals surface area contributed by atoms with Gasteiger partial charge >= 0.3 is 0 Å². The van der Waals surface area contributed by atoms with E-state index in [1.165, 1.54) is 17.7 Å². The molecule has 1 atom stereocenters. The SMILES string of the molecule is CN(CCOCC1CC1)C(=O)C(N)CCS(C)(=O)=O. The van der Waals surface area contributed by atoms with Gasteiger partial charge in [0.05, 0.1) is 18.4 Å². The van der Waals surface area contributed by atoms with Gasteiger partial charge in [-0.05, 0) is 25.2 Å². The molecule has 7 heteroatoms. The summed E-state index contributed by atoms with van der Waals surface area (Å²) in [4.78, 5) is 13.4. The lowest BCUT2D eigenvalue weighted by Gasteiger charge is -2.21. The molecule has 0 heterocycles. The Bertz CT molecular complexity index is 393. The third-order valence-electron chi connectivity index (χ3n) is 3.11. The molecule has 1 unspecified atom stereocenters. The summed E-state index contributed by atoms with van der Waals surface area (Å²) in [6, 6.07) is -0.761. The molecule has 1 saturated carbocycles. The molecule has 19 heavy (non-hydrogen) atoms. The van der Waals surface area contributed by atoms with Crippen molar-refractivity contribution < 1.29 is 17.9 Å². The Morgan fingerprint density at radius 3 is 2.63 bits per heavy atom. The van der Waals surface area contributed by atoms with Crippen LogP contribution in [0.25, 0.3) is 0 Å². The number of nitrogens with zero attached hydrogens (tertiary/aromatic N) is 1. The molecule has 0 radical (unpaired) electrons. The van der Waals surface area contributed by atoms with E-state index in [1.54, 1.807) is 7.05 Å². The van der Waals surface area contributed by atoms with Crippen molar-refractivity contribution in [3.05, 3.63) is 0 Å². The smallest absolute Gasteiger partial charge is 0.239 e. The van der Waals surface area contributed by atoms with Crippen LogP contribution < -0.4 is 5.73 Å². The van der Waals surface area contributed by atoms with E-state index >= 15 is 0 Å². The first-order valence-corrected chi connectivity index (χ1v) is 8.61. The van der Waals surface area contributed by atoms with Gasteiger partial charge in [-0.3, -0.25) is 4.79 Å². The molecule has 0 aliphatic heterocycles. The molecule has 0 spiro atoms. The summed E-state index contributed by atoms with van der Waals surface area (Å²) in [6.45, 7) is 1.75. The average Bonchev–Trinajstić information content (AvgIpc) is 3.13. The minimum atomic E-state index is -3.08. The summed E-state index contributed by atoms with van der Waals surface area (Å²) in [5, 5.41) is 0. The maximum absolute atomic E-state index is 11.9. The molecule has 0 bridgehead atoms. The second-order valence-corrected chi connectivity index (χ2v) is 7.56. The molecule has 1 aliphatic carbocycles. The van der Waals surface area contributed by atoms with Crippen molar-refractivity contribution in [1.82, 2.24) is 4.90 Å². The van der Waals surface area contributed by atoms with Gasteiger partial charge in [0.25, 0.3) is 0 Å². The van der Waals surface area contributed by atoms with Crippen molar-refractivity contribution in [2.75, 3.05) is 38.8 Å². The first-order chi connectivity index (χ1) is 8.79. The second kappa shape index (κ2) is 7.21. The summed E-state index contributed by atoms with van der Waals surface area (Å²) in [5.41, 5.74) is 5.69. The quantitative estimate of drug-likeness (QED) is 0.586. The van der Waals surface area contributed by atoms with Crippen LogP contribution in [0.15, 0.2) is 0 Å². The van der Waals surface area contributed by atoms with E-state index in [4.69, 9.17) is 10.5 Å². The van der Waals surface area contributed by atoms with E-state index in [-0.39, 0.29) is 18.1 Å². The fourth-order valence-corrected chi connectivity index (χ4v) is 2.28. The van der Waals surface area contributed by atoms with E-state index < -0.39 is 15.9 Å². The molecular formula is C12H24N2O4S. The van der Waals surface area contributed by atoms with Crippen LogP contribution in [0.2, 0.25) is 0 Å². The Hall–Kier alpha value is -0.660. The number of ether oxygens (including phenoxy) is 1. The molecule has 6 nitrogen and oxygen atoms in total. The van der Waals surface area contributed by atoms with Crippen LogP contribution in [0.3, 0.4) is 0 Å². The average molecular weight is 292 g/mol. The van der Waals surface area contributed by atoms with Crippen LogP contribution in [0.4, 0.5) is 0 Å². The second-order valence-electron chi connectivity index (χ2n) is 5.30. The van der Waals surface area contributed by atoms with Gasteiger partial charge in [0.2, 0.25) is 5.91 Å². The predicted molar refractivity (Wildman–Crippen MR) is 73.5 cm³/mol. The lowest BCUT2D eigenvalue weighted by atomic mass is 10.2. The van der Waals surface area contributed by atoms with E-state index in [2.05, 4.69) is 0 Å². The predicted octanol–water partition coefficient (Wildman–Crippen LogP) is -0.367. The zero-order valence-corrected chi connectivity index (χ0v) is 12.5. The number of hydrogen-bond donors (Lipinski definition) is 1. The summed E-state index contributed by atoms with van der Waals surface area (Å²) < 4.78 is 27.5. The van der Waals surface area contributed by atoms with Crippen LogP contribution in [0.5, 0.6) is 0 Å². The summed E-state index contributed by atoms with van der Waals surface area (Å²) in [5.74, 6) is 0.406. The van der Waals surface area contributed by atoms with Crippen molar-refractivity contribution in [1.29, 1.82) is 0 Å². The zero-order chi connectivity index (χ0) is 14.5. The largest absolute Gasteiger partial charge is 0.379 e. The fraction of sp³-hybridized carbons (Fsp3) is 0.917. The van der Waals surface area contributed by atoms with Crippen LogP contribution in [-0.2, 0) is 19.4 Å². The fourth-order valence-electron chi connectivity index (χ4n) is 1.59. The molecular weight excluding hydrogens is 268 g/mol. The molecule has 1 fully saturated rings. The van der Waals surface area contributed by atoms with Gasteiger partial charge in [0.1, 0.15) is 9.84 Å². The molecule has 0 saturated heterocycles. The third-order valence-corrected chi connectivity index (χ3v) is 4.09. The minimum absolute atomic E-state index is 0.0636. The van der Waals surface area contributed by atoms with Crippen molar-refractivity contribution in [3.63, 3.8) is 0 Å². The summed E-state index contributed by atoms with van der Waals surface area (Å²) >= 11 is 0. The number of carbonyl (C=O) groups excluding carboxylic acids is 1. The number of likely N-dealkylation sites (N-methyl/N-ethyl adjacent to an activating group) is 1. The normalized spacial score (nSPS) is 17.2. The highest BCUT2D eigenvalue weighted by atomic mass is 32.2. The topological polar surface area (TPSA) is 89.7 Å². The van der Waals surface area contributed by atoms with E-state index in [9.17, 15) is 13.2 Å². The van der Waals surface area contributed by atoms with Crippen LogP contribution in [-0.4, -0.2) is 64.1 Å². The van der Waals surface area contributed by atoms with Gasteiger partial charge in [-0.15, -0.1) is 0 Å². The first kappa shape index (κ1) is 16.4. The van der Waals surface area contributed by atoms with E-state index in [1.807, 2.05) is 0 Å². The van der Waals surface area contributed by atoms with Gasteiger partial charge in [-0.2, -0.15) is 0 Å². The maximum atomic E-state index is 11.9. The molecule has 1 rings (SSSR count). The number of hydrogen-bond acceptors (Lipinski definition) is 5. The Morgan fingerprint density at radius 1 is 1.47 bits per heavy atom. The number of rotatable bonds is 9. The van der Waals surface area contributed by atoms with Crippen molar-refractivity contribution in [2.45, 2.75) is 25.3 Å². The number of nitrogens with two attached hydrogens (primary N) is 1. The van der Waals surface area contributed by atoms with E-state index in [0.717, 1.165) is 12.9 Å². The highest BCUT2D eigenvalue weighted by Gasteiger charge is 2.22. The zero-order valence-electron chi connectivity index (χ0n) is 11.7. The molecule has 1 aliphatic rings. The Kier molecular flexibility index (Phi) is 6.22. The van der Waals surface area contributed by atoms with Crippen molar-refractivity contribution in [2.24, 2.45) is 11.7 Å². The van der Waals surface area contributed by atoms with Crippen LogP contribution >= 0.6 is 0 Å². The molecule has 112 valence electrons. The number of amides is 1. The molecule has 0 aromatic rings. The first-order valence-electron chi connectivity index (χ1n) is 6.55. The van der Waals surface area contributed by atoms with Crippen molar-refractivity contribution >= 4 is 15.7 Å². The van der Waals surface area contributed by atoms with Crippen molar-refractivity contribution in [3.8, 4) is 0 Å². The van der Waals surface area contributed by atoms with Gasteiger partial charge < -0.3 is 15.4 Å². The lowest BCUT2D eigenvalue weighted by molar-refractivity contribution is -0.132. The molecule has 2 N–H and O–H groups in total. The maximum Gasteiger partial charge on any atom is 0.239 e. The standard InChI is InChI=1S/C12H24N2O4S/c1-14(6-7-18-9-10-3-4-10)12(15)11(13)5-8-19(2,16)17/h10-11H,3-9,13H2,1-2H3. The monoisotopic (exact) mass is 292 g/mol. The number of sulfone groups is 1.